The highest BCUT2D eigenvalue weighted by Crippen LogP contribution is 2.29. The monoisotopic (exact) mass is 291 g/mol. The number of ketones is 1. The molecule has 0 saturated carbocycles. The smallest absolute Gasteiger partial charge is 0.181 e. The Balaban J connectivity index is 2.35. The van der Waals surface area contributed by atoms with Crippen molar-refractivity contribution in [3.8, 4) is 23.2 Å². The van der Waals surface area contributed by atoms with Crippen LogP contribution < -0.4 is 0 Å². The summed E-state index contributed by atoms with van der Waals surface area (Å²) < 4.78 is 7.01. The van der Waals surface area contributed by atoms with Gasteiger partial charge in [-0.2, -0.15) is 10.4 Å². The van der Waals surface area contributed by atoms with Crippen LogP contribution in [0.3, 0.4) is 0 Å². The van der Waals surface area contributed by atoms with Gasteiger partial charge in [-0.05, 0) is 36.8 Å². The number of furan rings is 1. The predicted octanol–water partition coefficient (Wildman–Crippen LogP) is 3.52. The molecule has 1 aromatic carbocycles. The maximum absolute atomic E-state index is 11.8. The van der Waals surface area contributed by atoms with Crippen LogP contribution in [0.15, 0.2) is 47.1 Å². The van der Waals surface area contributed by atoms with E-state index >= 15 is 0 Å². The number of carbonyl (C=O) groups is 1. The third kappa shape index (κ3) is 2.21. The van der Waals surface area contributed by atoms with Crippen molar-refractivity contribution < 1.29 is 9.21 Å². The molecule has 0 N–H and O–H groups in total. The Kier molecular flexibility index (Phi) is 3.36. The molecular formula is C17H13N3O2. The first-order chi connectivity index (χ1) is 10.6. The highest BCUT2D eigenvalue weighted by molar-refractivity contribution is 5.96. The van der Waals surface area contributed by atoms with Gasteiger partial charge in [-0.3, -0.25) is 4.79 Å². The first-order valence-corrected chi connectivity index (χ1v) is 6.77. The SMILES string of the molecule is CC(=O)c1nn(-c2cccc(C)c2)c(-c2ccco2)c1C#N. The summed E-state index contributed by atoms with van der Waals surface area (Å²) in [4.78, 5) is 11.8. The zero-order valence-electron chi connectivity index (χ0n) is 12.2. The second kappa shape index (κ2) is 5.34. The number of rotatable bonds is 3. The van der Waals surface area contributed by atoms with Gasteiger partial charge >= 0.3 is 0 Å². The average molecular weight is 291 g/mol. The lowest BCUT2D eigenvalue weighted by atomic mass is 10.1. The largest absolute Gasteiger partial charge is 0.463 e. The van der Waals surface area contributed by atoms with E-state index < -0.39 is 0 Å². The fourth-order valence-electron chi connectivity index (χ4n) is 2.36. The van der Waals surface area contributed by atoms with Crippen LogP contribution in [0, 0.1) is 18.3 Å². The number of Topliss-reactive ketones (excluding diaryl/α,β-unsaturated/α-hetero) is 1. The maximum atomic E-state index is 11.8. The Labute approximate surface area is 127 Å². The van der Waals surface area contributed by atoms with Gasteiger partial charge in [0.15, 0.2) is 11.5 Å². The minimum atomic E-state index is -0.254. The summed E-state index contributed by atoms with van der Waals surface area (Å²) in [6, 6.07) is 13.2. The van der Waals surface area contributed by atoms with Crippen LogP contribution >= 0.6 is 0 Å². The van der Waals surface area contributed by atoms with Gasteiger partial charge in [0.25, 0.3) is 0 Å². The van der Waals surface area contributed by atoms with E-state index in [2.05, 4.69) is 11.2 Å². The van der Waals surface area contributed by atoms with Crippen molar-refractivity contribution in [3.05, 3.63) is 59.5 Å². The van der Waals surface area contributed by atoms with Crippen molar-refractivity contribution in [3.63, 3.8) is 0 Å². The van der Waals surface area contributed by atoms with E-state index in [0.717, 1.165) is 11.3 Å². The molecule has 5 heteroatoms. The highest BCUT2D eigenvalue weighted by Gasteiger charge is 2.24. The molecule has 0 atom stereocenters. The molecule has 2 heterocycles. The van der Waals surface area contributed by atoms with Crippen LogP contribution in [0.25, 0.3) is 17.1 Å². The van der Waals surface area contributed by atoms with Gasteiger partial charge in [-0.1, -0.05) is 12.1 Å². The number of nitrogens with zero attached hydrogens (tertiary/aromatic N) is 3. The van der Waals surface area contributed by atoms with Crippen molar-refractivity contribution in [1.29, 1.82) is 5.26 Å². The Bertz CT molecular complexity index is 883. The summed E-state index contributed by atoms with van der Waals surface area (Å²) in [6.07, 6.45) is 1.53. The first kappa shape index (κ1) is 13.8. The summed E-state index contributed by atoms with van der Waals surface area (Å²) in [5.74, 6) is 0.244. The van der Waals surface area contributed by atoms with E-state index in [9.17, 15) is 10.1 Å². The van der Waals surface area contributed by atoms with E-state index in [0.29, 0.717) is 11.5 Å². The van der Waals surface area contributed by atoms with Crippen LogP contribution in [0.1, 0.15) is 28.5 Å². The molecule has 22 heavy (non-hydrogen) atoms. The molecule has 0 aliphatic carbocycles. The average Bonchev–Trinajstić information content (AvgIpc) is 3.13. The van der Waals surface area contributed by atoms with E-state index in [4.69, 9.17) is 4.42 Å². The second-order valence-electron chi connectivity index (χ2n) is 4.97. The summed E-state index contributed by atoms with van der Waals surface area (Å²) in [7, 11) is 0. The summed E-state index contributed by atoms with van der Waals surface area (Å²) in [6.45, 7) is 3.37. The number of carbonyl (C=O) groups excluding carboxylic acids is 1. The first-order valence-electron chi connectivity index (χ1n) is 6.77. The molecule has 5 nitrogen and oxygen atoms in total. The van der Waals surface area contributed by atoms with Gasteiger partial charge in [0.2, 0.25) is 0 Å². The van der Waals surface area contributed by atoms with Crippen molar-refractivity contribution in [2.75, 3.05) is 0 Å². The molecule has 3 rings (SSSR count). The molecule has 0 radical (unpaired) electrons. The Morgan fingerprint density at radius 2 is 2.14 bits per heavy atom. The van der Waals surface area contributed by atoms with E-state index in [-0.39, 0.29) is 17.0 Å². The molecule has 0 unspecified atom stereocenters. The van der Waals surface area contributed by atoms with Crippen LogP contribution in [-0.2, 0) is 0 Å². The maximum Gasteiger partial charge on any atom is 0.181 e. The van der Waals surface area contributed by atoms with Crippen LogP contribution in [0.4, 0.5) is 0 Å². The molecule has 108 valence electrons. The molecule has 0 saturated heterocycles. The molecule has 2 aromatic heterocycles. The van der Waals surface area contributed by atoms with Gasteiger partial charge in [0.1, 0.15) is 23.0 Å². The second-order valence-corrected chi connectivity index (χ2v) is 4.97. The summed E-state index contributed by atoms with van der Waals surface area (Å²) in [5.41, 5.74) is 2.69. The lowest BCUT2D eigenvalue weighted by Gasteiger charge is -2.06. The van der Waals surface area contributed by atoms with Gasteiger partial charge in [-0.15, -0.1) is 0 Å². The molecule has 0 aliphatic rings. The van der Waals surface area contributed by atoms with Crippen LogP contribution in [0.2, 0.25) is 0 Å². The molecule has 0 bridgehead atoms. The zero-order valence-corrected chi connectivity index (χ0v) is 12.2. The van der Waals surface area contributed by atoms with E-state index in [1.54, 1.807) is 16.8 Å². The Morgan fingerprint density at radius 1 is 1.32 bits per heavy atom. The summed E-state index contributed by atoms with van der Waals surface area (Å²) in [5, 5.41) is 13.8. The molecule has 0 amide bonds. The topological polar surface area (TPSA) is 71.8 Å². The van der Waals surface area contributed by atoms with Crippen molar-refractivity contribution in [2.45, 2.75) is 13.8 Å². The van der Waals surface area contributed by atoms with Crippen LogP contribution in [-0.4, -0.2) is 15.6 Å². The number of aromatic nitrogens is 2. The minimum Gasteiger partial charge on any atom is -0.463 e. The van der Waals surface area contributed by atoms with Gasteiger partial charge < -0.3 is 4.42 Å². The molecule has 0 spiro atoms. The van der Waals surface area contributed by atoms with E-state index in [1.165, 1.54) is 13.2 Å². The van der Waals surface area contributed by atoms with Gasteiger partial charge in [0, 0.05) is 6.92 Å². The zero-order chi connectivity index (χ0) is 15.7. The fraction of sp³-hybridized carbons (Fsp3) is 0.118. The minimum absolute atomic E-state index is 0.149. The van der Waals surface area contributed by atoms with Crippen LogP contribution in [0.5, 0.6) is 0 Å². The van der Waals surface area contributed by atoms with Crippen molar-refractivity contribution in [1.82, 2.24) is 9.78 Å². The molecule has 0 fully saturated rings. The highest BCUT2D eigenvalue weighted by atomic mass is 16.3. The standard InChI is InChI=1S/C17H13N3O2/c1-11-5-3-6-13(9-11)20-17(15-7-4-8-22-15)14(10-18)16(19-20)12(2)21/h3-9H,1-2H3. The number of aryl methyl sites for hydroxylation is 1. The summed E-state index contributed by atoms with van der Waals surface area (Å²) >= 11 is 0. The molecule has 3 aromatic rings. The lowest BCUT2D eigenvalue weighted by molar-refractivity contribution is 0.101. The molecule has 0 aliphatic heterocycles. The molecular weight excluding hydrogens is 278 g/mol. The quantitative estimate of drug-likeness (QED) is 0.692. The number of hydrogen-bond acceptors (Lipinski definition) is 4. The van der Waals surface area contributed by atoms with Crippen molar-refractivity contribution in [2.24, 2.45) is 0 Å². The van der Waals surface area contributed by atoms with E-state index in [1.807, 2.05) is 31.2 Å². The van der Waals surface area contributed by atoms with Gasteiger partial charge in [-0.25, -0.2) is 4.68 Å². The van der Waals surface area contributed by atoms with Crippen molar-refractivity contribution >= 4 is 5.78 Å². The third-order valence-corrected chi connectivity index (χ3v) is 3.33. The number of nitriles is 1. The normalized spacial score (nSPS) is 10.4. The fourth-order valence-corrected chi connectivity index (χ4v) is 2.36. The third-order valence-electron chi connectivity index (χ3n) is 3.33. The Hall–Kier alpha value is -3.13. The van der Waals surface area contributed by atoms with Gasteiger partial charge in [0.05, 0.1) is 12.0 Å². The number of hydrogen-bond donors (Lipinski definition) is 0. The lowest BCUT2D eigenvalue weighted by Crippen LogP contribution is -2.01. The predicted molar refractivity (Wildman–Crippen MR) is 80.7 cm³/mol. The number of benzene rings is 1. The Morgan fingerprint density at radius 3 is 2.73 bits per heavy atom.